The third-order valence-electron chi connectivity index (χ3n) is 13.7. The molecule has 0 saturated carbocycles. The van der Waals surface area contributed by atoms with Gasteiger partial charge in [0, 0.05) is 12.8 Å². The van der Waals surface area contributed by atoms with Crippen LogP contribution in [0.15, 0.2) is 36.5 Å². The summed E-state index contributed by atoms with van der Waals surface area (Å²) in [7, 11) is 0. The van der Waals surface area contributed by atoms with Crippen LogP contribution in [0.2, 0.25) is 0 Å². The number of hydrogen-bond acceptors (Lipinski definition) is 5. The van der Waals surface area contributed by atoms with Gasteiger partial charge in [0.15, 0.2) is 0 Å². The first-order valence-corrected chi connectivity index (χ1v) is 29.8. The van der Waals surface area contributed by atoms with Gasteiger partial charge in [-0.15, -0.1) is 0 Å². The maximum atomic E-state index is 12.5. The predicted octanol–water partition coefficient (Wildman–Crippen LogP) is 18.4. The Hall–Kier alpha value is -1.92. The minimum absolute atomic E-state index is 0.0244. The molecule has 0 aromatic heterocycles. The van der Waals surface area contributed by atoms with Gasteiger partial charge < -0.3 is 20.3 Å². The molecule has 0 aliphatic rings. The Morgan fingerprint density at radius 2 is 0.746 bits per heavy atom. The molecule has 394 valence electrons. The first-order chi connectivity index (χ1) is 33.0. The van der Waals surface area contributed by atoms with Crippen LogP contribution in [0.25, 0.3) is 0 Å². The lowest BCUT2D eigenvalue weighted by Gasteiger charge is -2.20. The van der Waals surface area contributed by atoms with Crippen LogP contribution < -0.4 is 5.32 Å². The fourth-order valence-corrected chi connectivity index (χ4v) is 9.08. The van der Waals surface area contributed by atoms with E-state index in [1.165, 1.54) is 218 Å². The quantitative estimate of drug-likeness (QED) is 0.0321. The van der Waals surface area contributed by atoms with Crippen LogP contribution in [-0.4, -0.2) is 47.4 Å². The van der Waals surface area contributed by atoms with E-state index < -0.39 is 12.1 Å². The lowest BCUT2D eigenvalue weighted by atomic mass is 10.0. The van der Waals surface area contributed by atoms with E-state index in [-0.39, 0.29) is 18.5 Å². The van der Waals surface area contributed by atoms with Crippen LogP contribution in [0.1, 0.15) is 316 Å². The van der Waals surface area contributed by atoms with Crippen LogP contribution in [0.3, 0.4) is 0 Å². The second-order valence-electron chi connectivity index (χ2n) is 20.3. The lowest BCUT2D eigenvalue weighted by molar-refractivity contribution is -0.143. The Morgan fingerprint density at radius 3 is 1.16 bits per heavy atom. The monoisotopic (exact) mass is 942 g/mol. The molecule has 0 radical (unpaired) electrons. The Morgan fingerprint density at radius 1 is 0.418 bits per heavy atom. The number of aliphatic hydroxyl groups excluding tert-OH is 2. The Labute approximate surface area is 417 Å². The van der Waals surface area contributed by atoms with E-state index in [9.17, 15) is 19.8 Å². The normalized spacial score (nSPS) is 12.8. The number of unbranched alkanes of at least 4 members (excludes halogenated alkanes) is 40. The van der Waals surface area contributed by atoms with Crippen LogP contribution in [0.4, 0.5) is 0 Å². The molecule has 0 saturated heterocycles. The van der Waals surface area contributed by atoms with Crippen molar-refractivity contribution in [1.82, 2.24) is 5.32 Å². The largest absolute Gasteiger partial charge is 0.466 e. The van der Waals surface area contributed by atoms with Gasteiger partial charge >= 0.3 is 5.97 Å². The van der Waals surface area contributed by atoms with E-state index in [4.69, 9.17) is 4.74 Å². The summed E-state index contributed by atoms with van der Waals surface area (Å²) in [4.78, 5) is 24.5. The van der Waals surface area contributed by atoms with Gasteiger partial charge in [-0.25, -0.2) is 0 Å². The molecule has 0 fully saturated rings. The highest BCUT2D eigenvalue weighted by Gasteiger charge is 2.18. The SMILES string of the molecule is CCCCC/C=C\C/C=C\CCCCCCCC(=O)OCCCCCCCCCCCCCCC(=O)NC(CO)C(O)/C=C/CCCCCCCCCCCCCCCCCCCCCCC. The van der Waals surface area contributed by atoms with Crippen molar-refractivity contribution >= 4 is 11.9 Å². The molecular formula is C61H115NO5. The summed E-state index contributed by atoms with van der Waals surface area (Å²) in [6.07, 6.45) is 70.2. The van der Waals surface area contributed by atoms with Crippen LogP contribution in [0, 0.1) is 0 Å². The first-order valence-electron chi connectivity index (χ1n) is 29.8. The third kappa shape index (κ3) is 53.3. The summed E-state index contributed by atoms with van der Waals surface area (Å²) in [5.74, 6) is -0.106. The van der Waals surface area contributed by atoms with E-state index >= 15 is 0 Å². The molecule has 0 bridgehead atoms. The van der Waals surface area contributed by atoms with Crippen molar-refractivity contribution in [3.8, 4) is 0 Å². The summed E-state index contributed by atoms with van der Waals surface area (Å²) in [5, 5.41) is 23.2. The van der Waals surface area contributed by atoms with Gasteiger partial charge in [-0.3, -0.25) is 9.59 Å². The number of amides is 1. The number of carbonyl (C=O) groups excluding carboxylic acids is 2. The van der Waals surface area contributed by atoms with E-state index in [1.54, 1.807) is 6.08 Å². The maximum absolute atomic E-state index is 12.5. The molecule has 67 heavy (non-hydrogen) atoms. The third-order valence-corrected chi connectivity index (χ3v) is 13.7. The number of rotatable bonds is 55. The minimum Gasteiger partial charge on any atom is -0.466 e. The number of carbonyl (C=O) groups is 2. The van der Waals surface area contributed by atoms with Gasteiger partial charge in [-0.1, -0.05) is 275 Å². The Balaban J connectivity index is 3.50. The zero-order valence-electron chi connectivity index (χ0n) is 44.9. The van der Waals surface area contributed by atoms with Gasteiger partial charge in [0.05, 0.1) is 25.4 Å². The van der Waals surface area contributed by atoms with Gasteiger partial charge in [-0.2, -0.15) is 0 Å². The number of esters is 1. The molecule has 6 nitrogen and oxygen atoms in total. The number of allylic oxidation sites excluding steroid dienone is 5. The molecule has 0 aromatic rings. The van der Waals surface area contributed by atoms with Crippen molar-refractivity contribution in [2.24, 2.45) is 0 Å². The molecule has 0 heterocycles. The maximum Gasteiger partial charge on any atom is 0.305 e. The standard InChI is InChI=1S/C61H115NO5/c1-3-5-7-9-11-13-15-17-19-20-21-22-23-24-25-26-28-29-33-37-41-45-49-53-59(64)58(57-63)62-60(65)54-50-46-42-38-34-31-32-36-40-44-48-52-56-67-61(66)55-51-47-43-39-35-30-27-18-16-14-12-10-8-6-4-2/h12,14,18,27,49,53,58-59,63-64H,3-11,13,15-17,19-26,28-48,50-52,54-57H2,1-2H3,(H,62,65)/b14-12-,27-18-,53-49+. The highest BCUT2D eigenvalue weighted by atomic mass is 16.5. The van der Waals surface area contributed by atoms with Crippen molar-refractivity contribution in [2.75, 3.05) is 13.2 Å². The van der Waals surface area contributed by atoms with Crippen LogP contribution in [-0.2, 0) is 14.3 Å². The number of ether oxygens (including phenoxy) is 1. The van der Waals surface area contributed by atoms with E-state index in [0.717, 1.165) is 70.6 Å². The summed E-state index contributed by atoms with van der Waals surface area (Å²) < 4.78 is 5.46. The minimum atomic E-state index is -0.857. The zero-order valence-corrected chi connectivity index (χ0v) is 44.9. The molecule has 0 aliphatic carbocycles. The van der Waals surface area contributed by atoms with Gasteiger partial charge in [0.2, 0.25) is 5.91 Å². The van der Waals surface area contributed by atoms with Crippen molar-refractivity contribution in [1.29, 1.82) is 0 Å². The summed E-state index contributed by atoms with van der Waals surface area (Å²) in [5.41, 5.74) is 0. The number of hydrogen-bond donors (Lipinski definition) is 3. The molecule has 0 spiro atoms. The van der Waals surface area contributed by atoms with E-state index in [0.29, 0.717) is 19.4 Å². The topological polar surface area (TPSA) is 95.9 Å². The molecule has 2 unspecified atom stereocenters. The average Bonchev–Trinajstić information content (AvgIpc) is 3.33. The molecule has 1 amide bonds. The Bertz CT molecular complexity index is 1090. The van der Waals surface area contributed by atoms with Gasteiger partial charge in [0.1, 0.15) is 0 Å². The van der Waals surface area contributed by atoms with Crippen molar-refractivity contribution in [3.05, 3.63) is 36.5 Å². The lowest BCUT2D eigenvalue weighted by Crippen LogP contribution is -2.45. The highest BCUT2D eigenvalue weighted by molar-refractivity contribution is 5.76. The smallest absolute Gasteiger partial charge is 0.305 e. The summed E-state index contributed by atoms with van der Waals surface area (Å²) in [6, 6.07) is -0.642. The number of aliphatic hydroxyl groups is 2. The predicted molar refractivity (Wildman–Crippen MR) is 292 cm³/mol. The zero-order chi connectivity index (χ0) is 48.6. The fraction of sp³-hybridized carbons (Fsp3) is 0.869. The molecule has 0 rings (SSSR count). The van der Waals surface area contributed by atoms with Crippen molar-refractivity contribution in [2.45, 2.75) is 328 Å². The Kier molecular flexibility index (Phi) is 55.0. The number of nitrogens with one attached hydrogen (secondary N) is 1. The molecule has 0 aliphatic heterocycles. The molecule has 0 aromatic carbocycles. The van der Waals surface area contributed by atoms with Gasteiger partial charge in [0.25, 0.3) is 0 Å². The van der Waals surface area contributed by atoms with Gasteiger partial charge in [-0.05, 0) is 64.2 Å². The van der Waals surface area contributed by atoms with Crippen LogP contribution in [0.5, 0.6) is 0 Å². The molecule has 2 atom stereocenters. The van der Waals surface area contributed by atoms with E-state index in [2.05, 4.69) is 43.5 Å². The highest BCUT2D eigenvalue weighted by Crippen LogP contribution is 2.17. The molecule has 6 heteroatoms. The van der Waals surface area contributed by atoms with Crippen LogP contribution >= 0.6 is 0 Å². The van der Waals surface area contributed by atoms with E-state index in [1.807, 2.05) is 6.08 Å². The second-order valence-corrected chi connectivity index (χ2v) is 20.3. The fourth-order valence-electron chi connectivity index (χ4n) is 9.08. The second kappa shape index (κ2) is 56.7. The summed E-state index contributed by atoms with van der Waals surface area (Å²) in [6.45, 7) is 4.85. The average molecular weight is 943 g/mol. The molecule has 3 N–H and O–H groups in total. The molecular weight excluding hydrogens is 827 g/mol. The summed E-state index contributed by atoms with van der Waals surface area (Å²) >= 11 is 0. The van der Waals surface area contributed by atoms with Crippen molar-refractivity contribution in [3.63, 3.8) is 0 Å². The first kappa shape index (κ1) is 65.1. The van der Waals surface area contributed by atoms with Crippen molar-refractivity contribution < 1.29 is 24.5 Å².